The Labute approximate surface area is 172 Å². The lowest BCUT2D eigenvalue weighted by atomic mass is 9.93. The Balaban J connectivity index is 1.75. The van der Waals surface area contributed by atoms with E-state index >= 15 is 0 Å². The van der Waals surface area contributed by atoms with Crippen molar-refractivity contribution in [1.29, 1.82) is 0 Å². The van der Waals surface area contributed by atoms with Gasteiger partial charge in [-0.1, -0.05) is 53.2 Å². The number of halogens is 2. The molecule has 1 N–H and O–H groups in total. The predicted octanol–water partition coefficient (Wildman–Crippen LogP) is 5.37. The number of nitrogens with zero attached hydrogens (tertiary/aromatic N) is 2. The first kappa shape index (κ1) is 18.4. The monoisotopic (exact) mass is 417 g/mol. The molecule has 4 rings (SSSR count). The maximum atomic E-state index is 13.2. The SMILES string of the molecule is CC1=C(C(=O)Nc2ccc(Cl)cc2)C(c2ccccc2Cl)N2CCSC2=N1. The van der Waals surface area contributed by atoms with Crippen molar-refractivity contribution in [3.63, 3.8) is 0 Å². The summed E-state index contributed by atoms with van der Waals surface area (Å²) in [5.74, 6) is 0.763. The average molecular weight is 418 g/mol. The highest BCUT2D eigenvalue weighted by Crippen LogP contribution is 2.42. The van der Waals surface area contributed by atoms with Gasteiger partial charge in [-0.05, 0) is 42.8 Å². The van der Waals surface area contributed by atoms with E-state index in [9.17, 15) is 4.79 Å². The van der Waals surface area contributed by atoms with Crippen LogP contribution in [0.3, 0.4) is 0 Å². The summed E-state index contributed by atoms with van der Waals surface area (Å²) in [6.45, 7) is 2.70. The Hall–Kier alpha value is -1.95. The predicted molar refractivity (Wildman–Crippen MR) is 114 cm³/mol. The molecule has 2 aromatic rings. The van der Waals surface area contributed by atoms with Crippen LogP contribution in [-0.2, 0) is 4.79 Å². The van der Waals surface area contributed by atoms with Crippen molar-refractivity contribution < 1.29 is 4.79 Å². The van der Waals surface area contributed by atoms with Gasteiger partial charge in [-0.3, -0.25) is 4.79 Å². The summed E-state index contributed by atoms with van der Waals surface area (Å²) in [6.07, 6.45) is 0. The molecule has 2 heterocycles. The van der Waals surface area contributed by atoms with Crippen molar-refractivity contribution >= 4 is 51.7 Å². The quantitative estimate of drug-likeness (QED) is 0.730. The van der Waals surface area contributed by atoms with Crippen LogP contribution >= 0.6 is 35.0 Å². The van der Waals surface area contributed by atoms with Gasteiger partial charge < -0.3 is 10.2 Å². The van der Waals surface area contributed by atoms with Crippen LogP contribution in [0, 0.1) is 0 Å². The third-order valence-corrected chi connectivity index (χ3v) is 6.16. The van der Waals surface area contributed by atoms with Crippen LogP contribution in [-0.4, -0.2) is 28.3 Å². The van der Waals surface area contributed by atoms with E-state index in [0.29, 0.717) is 27.0 Å². The summed E-state index contributed by atoms with van der Waals surface area (Å²) in [5, 5.41) is 5.18. The van der Waals surface area contributed by atoms with Crippen molar-refractivity contribution in [2.75, 3.05) is 17.6 Å². The number of rotatable bonds is 3. The minimum absolute atomic E-state index is 0.181. The maximum absolute atomic E-state index is 13.2. The van der Waals surface area contributed by atoms with E-state index in [1.165, 1.54) is 0 Å². The number of allylic oxidation sites excluding steroid dienone is 1. The number of carbonyl (C=O) groups excluding carboxylic acids is 1. The van der Waals surface area contributed by atoms with Gasteiger partial charge in [-0.2, -0.15) is 0 Å². The fraction of sp³-hybridized carbons (Fsp3) is 0.200. The molecule has 1 unspecified atom stereocenters. The van der Waals surface area contributed by atoms with Crippen molar-refractivity contribution in [2.24, 2.45) is 4.99 Å². The van der Waals surface area contributed by atoms with Crippen LogP contribution in [0.5, 0.6) is 0 Å². The van der Waals surface area contributed by atoms with Gasteiger partial charge in [0.25, 0.3) is 5.91 Å². The van der Waals surface area contributed by atoms with Crippen molar-refractivity contribution in [3.05, 3.63) is 75.4 Å². The highest BCUT2D eigenvalue weighted by molar-refractivity contribution is 8.14. The molecule has 27 heavy (non-hydrogen) atoms. The van der Waals surface area contributed by atoms with Gasteiger partial charge in [-0.15, -0.1) is 0 Å². The Bertz CT molecular complexity index is 956. The zero-order valence-corrected chi connectivity index (χ0v) is 16.9. The molecule has 1 fully saturated rings. The second-order valence-corrected chi connectivity index (χ2v) is 8.23. The van der Waals surface area contributed by atoms with Crippen LogP contribution in [0.2, 0.25) is 10.0 Å². The van der Waals surface area contributed by atoms with Crippen LogP contribution in [0.1, 0.15) is 18.5 Å². The molecule has 7 heteroatoms. The maximum Gasteiger partial charge on any atom is 0.255 e. The minimum Gasteiger partial charge on any atom is -0.339 e. The molecule has 4 nitrogen and oxygen atoms in total. The summed E-state index contributed by atoms with van der Waals surface area (Å²) in [4.78, 5) is 20.0. The van der Waals surface area contributed by atoms with E-state index in [0.717, 1.165) is 23.0 Å². The third-order valence-electron chi connectivity index (χ3n) is 4.59. The zero-order valence-electron chi connectivity index (χ0n) is 14.6. The number of fused-ring (bicyclic) bond motifs is 1. The molecule has 0 bridgehead atoms. The third kappa shape index (κ3) is 3.59. The Morgan fingerprint density at radius 2 is 1.93 bits per heavy atom. The number of hydrogen-bond acceptors (Lipinski definition) is 4. The highest BCUT2D eigenvalue weighted by Gasteiger charge is 2.39. The number of thioether (sulfide) groups is 1. The highest BCUT2D eigenvalue weighted by atomic mass is 35.5. The molecule has 2 aliphatic heterocycles. The molecule has 0 aromatic heterocycles. The smallest absolute Gasteiger partial charge is 0.255 e. The van der Waals surface area contributed by atoms with E-state index in [1.54, 1.807) is 36.0 Å². The zero-order chi connectivity index (χ0) is 19.0. The molecule has 1 saturated heterocycles. The van der Waals surface area contributed by atoms with Gasteiger partial charge >= 0.3 is 0 Å². The number of amides is 1. The van der Waals surface area contributed by atoms with Crippen LogP contribution in [0.4, 0.5) is 5.69 Å². The number of aliphatic imine (C=N–C) groups is 1. The van der Waals surface area contributed by atoms with Crippen LogP contribution < -0.4 is 5.32 Å². The largest absolute Gasteiger partial charge is 0.339 e. The number of carbonyl (C=O) groups is 1. The lowest BCUT2D eigenvalue weighted by Crippen LogP contribution is -2.37. The average Bonchev–Trinajstić information content (AvgIpc) is 3.11. The standard InChI is InChI=1S/C20H17Cl2N3OS/c1-12-17(19(26)24-14-8-6-13(21)7-9-14)18(15-4-2-3-5-16(15)22)25-10-11-27-20(25)23-12/h2-9,18H,10-11H2,1H3,(H,24,26). The molecule has 0 radical (unpaired) electrons. The topological polar surface area (TPSA) is 44.7 Å². The Morgan fingerprint density at radius 1 is 1.19 bits per heavy atom. The first-order valence-corrected chi connectivity index (χ1v) is 10.3. The molecule has 2 aromatic carbocycles. The van der Waals surface area contributed by atoms with E-state index in [1.807, 2.05) is 31.2 Å². The van der Waals surface area contributed by atoms with E-state index < -0.39 is 0 Å². The van der Waals surface area contributed by atoms with E-state index in [-0.39, 0.29) is 11.9 Å². The fourth-order valence-electron chi connectivity index (χ4n) is 3.35. The molecular weight excluding hydrogens is 401 g/mol. The fourth-order valence-corrected chi connectivity index (χ4v) is 4.75. The summed E-state index contributed by atoms with van der Waals surface area (Å²) in [5.41, 5.74) is 2.93. The minimum atomic E-state index is -0.256. The second-order valence-electron chi connectivity index (χ2n) is 6.32. The molecule has 138 valence electrons. The molecule has 2 aliphatic rings. The van der Waals surface area contributed by atoms with Gasteiger partial charge in [-0.25, -0.2) is 4.99 Å². The van der Waals surface area contributed by atoms with Gasteiger partial charge in [0.2, 0.25) is 0 Å². The first-order valence-electron chi connectivity index (χ1n) is 8.55. The van der Waals surface area contributed by atoms with Gasteiger partial charge in [0.1, 0.15) is 0 Å². The van der Waals surface area contributed by atoms with E-state index in [4.69, 9.17) is 23.2 Å². The molecule has 1 atom stereocenters. The van der Waals surface area contributed by atoms with Gasteiger partial charge in [0.15, 0.2) is 5.17 Å². The Morgan fingerprint density at radius 3 is 2.67 bits per heavy atom. The normalized spacial score (nSPS) is 19.0. The van der Waals surface area contributed by atoms with Crippen molar-refractivity contribution in [2.45, 2.75) is 13.0 Å². The molecule has 0 spiro atoms. The number of benzene rings is 2. The lowest BCUT2D eigenvalue weighted by molar-refractivity contribution is -0.113. The summed E-state index contributed by atoms with van der Waals surface area (Å²) in [7, 11) is 0. The molecule has 0 saturated carbocycles. The molecule has 0 aliphatic carbocycles. The second kappa shape index (κ2) is 7.58. The number of nitrogens with one attached hydrogen (secondary N) is 1. The lowest BCUT2D eigenvalue weighted by Gasteiger charge is -2.35. The first-order chi connectivity index (χ1) is 13.0. The Kier molecular flexibility index (Phi) is 5.17. The number of hydrogen-bond donors (Lipinski definition) is 1. The number of anilines is 1. The summed E-state index contributed by atoms with van der Waals surface area (Å²) < 4.78 is 0. The van der Waals surface area contributed by atoms with Gasteiger partial charge in [0.05, 0.1) is 17.3 Å². The molecule has 1 amide bonds. The van der Waals surface area contributed by atoms with E-state index in [2.05, 4.69) is 15.2 Å². The summed E-state index contributed by atoms with van der Waals surface area (Å²) >= 11 is 14.1. The molecular formula is C20H17Cl2N3OS. The summed E-state index contributed by atoms with van der Waals surface area (Å²) in [6, 6.07) is 14.5. The van der Waals surface area contributed by atoms with Crippen LogP contribution in [0.25, 0.3) is 0 Å². The van der Waals surface area contributed by atoms with Gasteiger partial charge in [0, 0.05) is 28.0 Å². The number of amidine groups is 1. The van der Waals surface area contributed by atoms with Crippen LogP contribution in [0.15, 0.2) is 64.8 Å². The van der Waals surface area contributed by atoms with Crippen molar-refractivity contribution in [1.82, 2.24) is 4.90 Å². The van der Waals surface area contributed by atoms with Crippen molar-refractivity contribution in [3.8, 4) is 0 Å².